The second-order valence-electron chi connectivity index (χ2n) is 6.63. The highest BCUT2D eigenvalue weighted by molar-refractivity contribution is 5.92. The minimum absolute atomic E-state index is 0.0978. The fourth-order valence-electron chi connectivity index (χ4n) is 2.39. The van der Waals surface area contributed by atoms with E-state index in [4.69, 9.17) is 15.6 Å². The lowest BCUT2D eigenvalue weighted by Crippen LogP contribution is -2.56. The van der Waals surface area contributed by atoms with Gasteiger partial charge < -0.3 is 41.3 Å². The number of hydrogen-bond acceptors (Lipinski definition) is 9. The van der Waals surface area contributed by atoms with Gasteiger partial charge in [0.2, 0.25) is 11.5 Å². The molecule has 0 aliphatic carbocycles. The number of nitrogens with two attached hydrogens (primary N) is 1. The summed E-state index contributed by atoms with van der Waals surface area (Å²) >= 11 is 0. The van der Waals surface area contributed by atoms with E-state index in [1.165, 1.54) is 18.2 Å². The molecule has 162 valence electrons. The predicted octanol–water partition coefficient (Wildman–Crippen LogP) is -0.941. The third-order valence-electron chi connectivity index (χ3n) is 4.32. The lowest BCUT2D eigenvalue weighted by atomic mass is 9.92. The van der Waals surface area contributed by atoms with Gasteiger partial charge in [0.15, 0.2) is 0 Å². The molecule has 8 N–H and O–H groups in total. The van der Waals surface area contributed by atoms with Gasteiger partial charge in [-0.2, -0.15) is 0 Å². The Balaban J connectivity index is 2.87. The van der Waals surface area contributed by atoms with Gasteiger partial charge in [0, 0.05) is 17.7 Å². The van der Waals surface area contributed by atoms with Crippen molar-refractivity contribution in [3.05, 3.63) is 23.8 Å². The van der Waals surface area contributed by atoms with Crippen LogP contribution in [-0.2, 0) is 25.7 Å². The van der Waals surface area contributed by atoms with Gasteiger partial charge in [-0.3, -0.25) is 9.59 Å². The molecule has 0 aliphatic rings. The lowest BCUT2D eigenvalue weighted by molar-refractivity contribution is -0.195. The Morgan fingerprint density at radius 1 is 1.21 bits per heavy atom. The summed E-state index contributed by atoms with van der Waals surface area (Å²) in [6.45, 7) is 1.71. The number of aliphatic hydroxyl groups is 3. The van der Waals surface area contributed by atoms with E-state index >= 15 is 0 Å². The Bertz CT molecular complexity index is 741. The quantitative estimate of drug-likeness (QED) is 0.185. The maximum absolute atomic E-state index is 12.2. The van der Waals surface area contributed by atoms with Crippen LogP contribution in [0.1, 0.15) is 32.3 Å². The summed E-state index contributed by atoms with van der Waals surface area (Å²) in [7, 11) is 0. The third-order valence-corrected chi connectivity index (χ3v) is 4.32. The Hall–Kier alpha value is -2.73. The fraction of sp³-hybridized carbons (Fsp3) is 0.500. The number of esters is 1. The van der Waals surface area contributed by atoms with Crippen LogP contribution in [0.4, 0.5) is 5.69 Å². The van der Waals surface area contributed by atoms with E-state index in [2.05, 4.69) is 5.32 Å². The van der Waals surface area contributed by atoms with Gasteiger partial charge in [0.05, 0.1) is 12.2 Å². The highest BCUT2D eigenvalue weighted by atomic mass is 16.6. The zero-order chi connectivity index (χ0) is 22.4. The van der Waals surface area contributed by atoms with Crippen molar-refractivity contribution in [2.75, 3.05) is 5.32 Å². The number of aliphatic carboxylic acids is 1. The van der Waals surface area contributed by atoms with Gasteiger partial charge in [-0.1, -0.05) is 0 Å². The van der Waals surface area contributed by atoms with Gasteiger partial charge >= 0.3 is 11.9 Å². The van der Waals surface area contributed by atoms with Crippen LogP contribution in [0.5, 0.6) is 5.75 Å². The van der Waals surface area contributed by atoms with Crippen molar-refractivity contribution in [2.24, 2.45) is 5.73 Å². The normalized spacial score (nSPS) is 16.2. The summed E-state index contributed by atoms with van der Waals surface area (Å²) in [6, 6.07) is 2.62. The van der Waals surface area contributed by atoms with Crippen molar-refractivity contribution in [1.82, 2.24) is 0 Å². The van der Waals surface area contributed by atoms with E-state index in [9.17, 15) is 34.8 Å². The SMILES string of the molecule is C[C@H](O)C(O)(C(=O)OCc1cc(O)ccc1NC(=O)CC[C@@H](N)C(=O)O)[C@@H](C)O. The summed E-state index contributed by atoms with van der Waals surface area (Å²) in [5.74, 6) is -3.28. The molecule has 0 saturated heterocycles. The third kappa shape index (κ3) is 6.39. The average molecular weight is 414 g/mol. The largest absolute Gasteiger partial charge is 0.508 e. The number of carbonyl (C=O) groups excluding carboxylic acids is 2. The standard InChI is InChI=1S/C18H26N2O9/c1-9(21)18(28,10(2)22)17(27)29-8-11-7-12(23)3-5-14(11)20-15(24)6-4-13(19)16(25)26/h3,5,7,9-10,13,21-23,28H,4,6,8,19H2,1-2H3,(H,20,24)(H,25,26)/t9-,10+,13-,18?/m1/s1. The lowest BCUT2D eigenvalue weighted by Gasteiger charge is -2.31. The number of carboxylic acids is 1. The number of rotatable bonds is 10. The van der Waals surface area contributed by atoms with Gasteiger partial charge in [0.25, 0.3) is 0 Å². The van der Waals surface area contributed by atoms with Crippen molar-refractivity contribution in [1.29, 1.82) is 0 Å². The number of aromatic hydroxyl groups is 1. The van der Waals surface area contributed by atoms with Crippen molar-refractivity contribution in [3.8, 4) is 5.75 Å². The highest BCUT2D eigenvalue weighted by Gasteiger charge is 2.47. The van der Waals surface area contributed by atoms with Gasteiger partial charge in [-0.25, -0.2) is 4.79 Å². The molecule has 29 heavy (non-hydrogen) atoms. The number of aliphatic hydroxyl groups excluding tert-OH is 2. The minimum Gasteiger partial charge on any atom is -0.508 e. The molecule has 0 aliphatic heterocycles. The summed E-state index contributed by atoms with van der Waals surface area (Å²) in [6.07, 6.45) is -3.54. The molecule has 0 heterocycles. The second-order valence-corrected chi connectivity index (χ2v) is 6.63. The van der Waals surface area contributed by atoms with Gasteiger partial charge in [-0.15, -0.1) is 0 Å². The molecule has 0 saturated carbocycles. The van der Waals surface area contributed by atoms with E-state index < -0.39 is 48.3 Å². The zero-order valence-electron chi connectivity index (χ0n) is 16.0. The molecule has 0 spiro atoms. The van der Waals surface area contributed by atoms with Crippen LogP contribution < -0.4 is 11.1 Å². The van der Waals surface area contributed by atoms with Crippen molar-refractivity contribution >= 4 is 23.5 Å². The van der Waals surface area contributed by atoms with Crippen LogP contribution in [-0.4, -0.2) is 67.2 Å². The van der Waals surface area contributed by atoms with Crippen LogP contribution in [0.3, 0.4) is 0 Å². The van der Waals surface area contributed by atoms with Gasteiger partial charge in [-0.05, 0) is 38.5 Å². The molecule has 1 aromatic rings. The summed E-state index contributed by atoms with van der Waals surface area (Å²) in [5, 5.41) is 50.3. The molecular formula is C18H26N2O9. The fourth-order valence-corrected chi connectivity index (χ4v) is 2.39. The predicted molar refractivity (Wildman–Crippen MR) is 99.7 cm³/mol. The first-order chi connectivity index (χ1) is 13.4. The number of carboxylic acid groups (broad SMARTS) is 1. The molecule has 1 unspecified atom stereocenters. The Labute approximate surface area is 166 Å². The van der Waals surface area contributed by atoms with E-state index in [0.29, 0.717) is 0 Å². The van der Waals surface area contributed by atoms with Crippen molar-refractivity contribution < 1.29 is 44.7 Å². The number of ether oxygens (including phenoxy) is 1. The number of amides is 1. The number of phenols is 1. The number of anilines is 1. The second kappa shape index (κ2) is 10.2. The van der Waals surface area contributed by atoms with Crippen LogP contribution in [0.15, 0.2) is 18.2 Å². The summed E-state index contributed by atoms with van der Waals surface area (Å²) in [5.41, 5.74) is 3.11. The number of benzene rings is 1. The molecular weight excluding hydrogens is 388 g/mol. The zero-order valence-corrected chi connectivity index (χ0v) is 16.0. The molecule has 11 heteroatoms. The molecule has 0 fully saturated rings. The average Bonchev–Trinajstić information content (AvgIpc) is 2.64. The van der Waals surface area contributed by atoms with Gasteiger partial charge in [0.1, 0.15) is 18.4 Å². The number of hydrogen-bond donors (Lipinski definition) is 7. The Morgan fingerprint density at radius 3 is 2.31 bits per heavy atom. The molecule has 4 atom stereocenters. The van der Waals surface area contributed by atoms with Crippen molar-refractivity contribution in [2.45, 2.75) is 57.1 Å². The highest BCUT2D eigenvalue weighted by Crippen LogP contribution is 2.24. The number of nitrogens with one attached hydrogen (secondary N) is 1. The first-order valence-corrected chi connectivity index (χ1v) is 8.75. The first kappa shape index (κ1) is 24.3. The van der Waals surface area contributed by atoms with E-state index in [1.54, 1.807) is 0 Å². The van der Waals surface area contributed by atoms with Crippen molar-refractivity contribution in [3.63, 3.8) is 0 Å². The molecule has 11 nitrogen and oxygen atoms in total. The minimum atomic E-state index is -2.56. The molecule has 0 bridgehead atoms. The van der Waals surface area contributed by atoms with Crippen LogP contribution in [0.2, 0.25) is 0 Å². The van der Waals surface area contributed by atoms with E-state index in [1.807, 2.05) is 0 Å². The monoisotopic (exact) mass is 414 g/mol. The first-order valence-electron chi connectivity index (χ1n) is 8.75. The smallest absolute Gasteiger partial charge is 0.343 e. The molecule has 1 aromatic carbocycles. The number of phenolic OH excluding ortho intramolecular Hbond substituents is 1. The molecule has 1 amide bonds. The molecule has 0 radical (unpaired) electrons. The summed E-state index contributed by atoms with van der Waals surface area (Å²) < 4.78 is 4.95. The Morgan fingerprint density at radius 2 is 1.79 bits per heavy atom. The van der Waals surface area contributed by atoms with Crippen LogP contribution in [0, 0.1) is 0 Å². The van der Waals surface area contributed by atoms with Crippen LogP contribution in [0.25, 0.3) is 0 Å². The number of carbonyl (C=O) groups is 3. The Kier molecular flexibility index (Phi) is 8.52. The molecule has 1 rings (SSSR count). The van der Waals surface area contributed by atoms with E-state index in [0.717, 1.165) is 13.8 Å². The maximum atomic E-state index is 12.2. The topological polar surface area (TPSA) is 200 Å². The van der Waals surface area contributed by atoms with E-state index in [-0.39, 0.29) is 29.8 Å². The maximum Gasteiger partial charge on any atom is 0.343 e. The van der Waals surface area contributed by atoms with Crippen LogP contribution >= 0.6 is 0 Å². The summed E-state index contributed by atoms with van der Waals surface area (Å²) in [4.78, 5) is 34.9. The molecule has 0 aromatic heterocycles.